The Morgan fingerprint density at radius 3 is 2.94 bits per heavy atom. The lowest BCUT2D eigenvalue weighted by atomic mass is 10.2. The highest BCUT2D eigenvalue weighted by atomic mass is 19.1. The summed E-state index contributed by atoms with van der Waals surface area (Å²) in [5, 5.41) is 19.3. The zero-order chi connectivity index (χ0) is 12.3. The summed E-state index contributed by atoms with van der Waals surface area (Å²) in [6, 6.07) is 8.22. The van der Waals surface area contributed by atoms with Gasteiger partial charge in [-0.05, 0) is 25.1 Å². The molecule has 0 saturated heterocycles. The van der Waals surface area contributed by atoms with Gasteiger partial charge < -0.3 is 5.32 Å². The van der Waals surface area contributed by atoms with Crippen LogP contribution in [0.2, 0.25) is 0 Å². The molecule has 5 heteroatoms. The third-order valence-corrected chi connectivity index (χ3v) is 2.36. The molecule has 1 N–H and O–H groups in total. The number of halogens is 1. The molecule has 0 aliphatic heterocycles. The lowest BCUT2D eigenvalue weighted by Gasteiger charge is -2.09. The van der Waals surface area contributed by atoms with E-state index in [-0.39, 0.29) is 5.82 Å². The van der Waals surface area contributed by atoms with Crippen molar-refractivity contribution in [2.75, 3.05) is 5.32 Å². The van der Waals surface area contributed by atoms with Gasteiger partial charge in [-0.25, -0.2) is 4.39 Å². The molecule has 0 bridgehead atoms. The zero-order valence-electron chi connectivity index (χ0n) is 9.11. The van der Waals surface area contributed by atoms with E-state index in [2.05, 4.69) is 15.5 Å². The van der Waals surface area contributed by atoms with Gasteiger partial charge in [-0.1, -0.05) is 6.07 Å². The fraction of sp³-hybridized carbons (Fsp3) is 0.0833. The predicted molar refractivity (Wildman–Crippen MR) is 61.2 cm³/mol. The average molecular weight is 228 g/mol. The molecule has 84 valence electrons. The Labute approximate surface area is 97.7 Å². The Morgan fingerprint density at radius 2 is 2.18 bits per heavy atom. The van der Waals surface area contributed by atoms with E-state index in [1.807, 2.05) is 6.07 Å². The van der Waals surface area contributed by atoms with Crippen molar-refractivity contribution >= 4 is 11.5 Å². The van der Waals surface area contributed by atoms with Gasteiger partial charge in [0, 0.05) is 11.3 Å². The van der Waals surface area contributed by atoms with Crippen LogP contribution in [0.25, 0.3) is 0 Å². The van der Waals surface area contributed by atoms with E-state index in [0.717, 1.165) is 0 Å². The lowest BCUT2D eigenvalue weighted by Crippen LogP contribution is -2.00. The van der Waals surface area contributed by atoms with Gasteiger partial charge in [-0.2, -0.15) is 10.4 Å². The summed E-state index contributed by atoms with van der Waals surface area (Å²) < 4.78 is 13.3. The van der Waals surface area contributed by atoms with Crippen molar-refractivity contribution in [1.82, 2.24) is 10.2 Å². The molecule has 0 unspecified atom stereocenters. The number of nitrogens with one attached hydrogen (secondary N) is 1. The number of nitrogens with zero attached hydrogens (tertiary/aromatic N) is 3. The van der Waals surface area contributed by atoms with Crippen molar-refractivity contribution < 1.29 is 4.39 Å². The van der Waals surface area contributed by atoms with Crippen LogP contribution >= 0.6 is 0 Å². The standard InChI is InChI=1S/C12H9FN4/c1-8-10(13)3-2-4-11(8)16-12-9(7-14)5-6-15-17-12/h2-6H,1H3,(H,16,17). The molecule has 0 spiro atoms. The van der Waals surface area contributed by atoms with E-state index in [0.29, 0.717) is 22.6 Å². The SMILES string of the molecule is Cc1c(F)cccc1Nc1nnccc1C#N. The van der Waals surface area contributed by atoms with Gasteiger partial charge in [0.1, 0.15) is 11.9 Å². The molecular weight excluding hydrogens is 219 g/mol. The maximum Gasteiger partial charge on any atom is 0.171 e. The van der Waals surface area contributed by atoms with Gasteiger partial charge in [0.25, 0.3) is 0 Å². The molecule has 0 fully saturated rings. The van der Waals surface area contributed by atoms with Crippen LogP contribution in [0, 0.1) is 24.1 Å². The van der Waals surface area contributed by atoms with Crippen LogP contribution < -0.4 is 5.32 Å². The highest BCUT2D eigenvalue weighted by Gasteiger charge is 2.07. The molecule has 0 aliphatic rings. The Hall–Kier alpha value is -2.48. The van der Waals surface area contributed by atoms with E-state index in [1.54, 1.807) is 25.1 Å². The highest BCUT2D eigenvalue weighted by Crippen LogP contribution is 2.22. The lowest BCUT2D eigenvalue weighted by molar-refractivity contribution is 0.619. The van der Waals surface area contributed by atoms with Gasteiger partial charge in [-0.15, -0.1) is 5.10 Å². The Bertz CT molecular complexity index is 589. The molecule has 1 aromatic heterocycles. The van der Waals surface area contributed by atoms with Crippen molar-refractivity contribution in [1.29, 1.82) is 5.26 Å². The first-order valence-electron chi connectivity index (χ1n) is 4.96. The summed E-state index contributed by atoms with van der Waals surface area (Å²) in [5.41, 5.74) is 1.41. The first kappa shape index (κ1) is 11.0. The minimum atomic E-state index is -0.308. The third-order valence-electron chi connectivity index (χ3n) is 2.36. The number of nitriles is 1. The molecule has 1 heterocycles. The number of anilines is 2. The van der Waals surface area contributed by atoms with E-state index < -0.39 is 0 Å². The Morgan fingerprint density at radius 1 is 1.35 bits per heavy atom. The minimum absolute atomic E-state index is 0.308. The van der Waals surface area contributed by atoms with Crippen molar-refractivity contribution in [3.8, 4) is 6.07 Å². The van der Waals surface area contributed by atoms with Gasteiger partial charge in [0.15, 0.2) is 5.82 Å². The number of hydrogen-bond donors (Lipinski definition) is 1. The first-order valence-corrected chi connectivity index (χ1v) is 4.96. The van der Waals surface area contributed by atoms with Gasteiger partial charge >= 0.3 is 0 Å². The molecule has 0 atom stereocenters. The molecule has 17 heavy (non-hydrogen) atoms. The maximum atomic E-state index is 13.3. The van der Waals surface area contributed by atoms with Crippen LogP contribution in [0.4, 0.5) is 15.9 Å². The predicted octanol–water partition coefficient (Wildman–Crippen LogP) is 2.54. The van der Waals surface area contributed by atoms with Crippen LogP contribution in [0.3, 0.4) is 0 Å². The third kappa shape index (κ3) is 2.21. The normalized spacial score (nSPS) is 9.71. The smallest absolute Gasteiger partial charge is 0.171 e. The van der Waals surface area contributed by atoms with Gasteiger partial charge in [-0.3, -0.25) is 0 Å². The van der Waals surface area contributed by atoms with Crippen LogP contribution in [0.5, 0.6) is 0 Å². The summed E-state index contributed by atoms with van der Waals surface area (Å²) in [6.07, 6.45) is 1.43. The molecule has 0 amide bonds. The number of aromatic nitrogens is 2. The first-order chi connectivity index (χ1) is 8.22. The molecule has 0 aliphatic carbocycles. The molecule has 0 saturated carbocycles. The van der Waals surface area contributed by atoms with E-state index >= 15 is 0 Å². The number of benzene rings is 1. The van der Waals surface area contributed by atoms with Crippen LogP contribution in [0.1, 0.15) is 11.1 Å². The van der Waals surface area contributed by atoms with Crippen LogP contribution in [-0.2, 0) is 0 Å². The van der Waals surface area contributed by atoms with Crippen molar-refractivity contribution in [3.05, 3.63) is 47.4 Å². The molecule has 2 rings (SSSR count). The molecule has 1 aromatic carbocycles. The largest absolute Gasteiger partial charge is 0.337 e. The van der Waals surface area contributed by atoms with Crippen LogP contribution in [0.15, 0.2) is 30.5 Å². The van der Waals surface area contributed by atoms with Crippen molar-refractivity contribution in [2.24, 2.45) is 0 Å². The van der Waals surface area contributed by atoms with Gasteiger partial charge in [0.05, 0.1) is 11.8 Å². The fourth-order valence-electron chi connectivity index (χ4n) is 1.38. The molecule has 0 radical (unpaired) electrons. The van der Waals surface area contributed by atoms with Crippen LogP contribution in [-0.4, -0.2) is 10.2 Å². The second-order valence-electron chi connectivity index (χ2n) is 3.44. The maximum absolute atomic E-state index is 13.3. The number of rotatable bonds is 2. The summed E-state index contributed by atoms with van der Waals surface area (Å²) in [6.45, 7) is 1.65. The highest BCUT2D eigenvalue weighted by molar-refractivity contribution is 5.64. The van der Waals surface area contributed by atoms with E-state index in [4.69, 9.17) is 5.26 Å². The molecular formula is C12H9FN4. The Balaban J connectivity index is 2.39. The minimum Gasteiger partial charge on any atom is -0.337 e. The van der Waals surface area contributed by atoms with E-state index in [9.17, 15) is 4.39 Å². The zero-order valence-corrected chi connectivity index (χ0v) is 9.11. The van der Waals surface area contributed by atoms with Crippen molar-refractivity contribution in [2.45, 2.75) is 6.92 Å². The topological polar surface area (TPSA) is 61.6 Å². The molecule has 4 nitrogen and oxygen atoms in total. The summed E-state index contributed by atoms with van der Waals surface area (Å²) in [5.74, 6) is 0.0149. The van der Waals surface area contributed by atoms with Gasteiger partial charge in [0.2, 0.25) is 0 Å². The summed E-state index contributed by atoms with van der Waals surface area (Å²) in [7, 11) is 0. The monoisotopic (exact) mass is 228 g/mol. The quantitative estimate of drug-likeness (QED) is 0.857. The Kier molecular flexibility index (Phi) is 2.97. The second-order valence-corrected chi connectivity index (χ2v) is 3.44. The number of hydrogen-bond acceptors (Lipinski definition) is 4. The fourth-order valence-corrected chi connectivity index (χ4v) is 1.38. The molecule has 2 aromatic rings. The average Bonchev–Trinajstić information content (AvgIpc) is 2.35. The second kappa shape index (κ2) is 4.58. The summed E-state index contributed by atoms with van der Waals surface area (Å²) in [4.78, 5) is 0. The van der Waals surface area contributed by atoms with Crippen molar-refractivity contribution in [3.63, 3.8) is 0 Å². The summed E-state index contributed by atoms with van der Waals surface area (Å²) >= 11 is 0. The van der Waals surface area contributed by atoms with E-state index in [1.165, 1.54) is 12.3 Å².